The maximum absolute atomic E-state index is 6.21. The van der Waals surface area contributed by atoms with Crippen LogP contribution >= 0.6 is 0 Å². The first-order valence-electron chi connectivity index (χ1n) is 7.81. The lowest BCUT2D eigenvalue weighted by atomic mass is 9.87. The molecule has 0 heterocycles. The summed E-state index contributed by atoms with van der Waals surface area (Å²) in [5.74, 6) is 0.563. The Morgan fingerprint density at radius 1 is 1.24 bits per heavy atom. The number of nitrogen functional groups attached to an aromatic ring is 1. The monoisotopic (exact) mass is 280 g/mol. The highest BCUT2D eigenvalue weighted by Gasteiger charge is 2.24. The molecule has 0 spiro atoms. The van der Waals surface area contributed by atoms with Gasteiger partial charge in [0.25, 0.3) is 0 Å². The summed E-state index contributed by atoms with van der Waals surface area (Å²) in [6, 6.07) is 6.94. The van der Waals surface area contributed by atoms with Crippen molar-refractivity contribution >= 4 is 11.8 Å². The quantitative estimate of drug-likeness (QED) is 0.813. The van der Waals surface area contributed by atoms with E-state index in [2.05, 4.69) is 55.6 Å². The molecule has 3 unspecified atom stereocenters. The van der Waals surface area contributed by atoms with Crippen LogP contribution in [0.25, 0.3) is 6.08 Å². The zero-order valence-corrected chi connectivity index (χ0v) is 12.8. The highest BCUT2D eigenvalue weighted by Crippen LogP contribution is 2.33. The minimum atomic E-state index is 0.321. The number of nitrogens with two attached hydrogens (primary N) is 1. The number of benzene rings is 1. The van der Waals surface area contributed by atoms with E-state index in [0.717, 1.165) is 18.5 Å². The van der Waals surface area contributed by atoms with Crippen molar-refractivity contribution in [3.63, 3.8) is 0 Å². The van der Waals surface area contributed by atoms with Gasteiger partial charge in [-0.15, -0.1) is 0 Å². The molecule has 110 valence electrons. The van der Waals surface area contributed by atoms with E-state index < -0.39 is 0 Å². The summed E-state index contributed by atoms with van der Waals surface area (Å²) in [5, 5.41) is 3.79. The van der Waals surface area contributed by atoms with Crippen LogP contribution in [0.2, 0.25) is 0 Å². The van der Waals surface area contributed by atoms with Gasteiger partial charge < -0.3 is 11.1 Å². The van der Waals surface area contributed by atoms with Gasteiger partial charge in [0, 0.05) is 17.8 Å². The molecular formula is C19H24N2. The molecule has 0 saturated heterocycles. The van der Waals surface area contributed by atoms with E-state index in [4.69, 9.17) is 5.73 Å². The third-order valence-electron chi connectivity index (χ3n) is 4.62. The fourth-order valence-electron chi connectivity index (χ4n) is 3.31. The first-order chi connectivity index (χ1) is 10.1. The Morgan fingerprint density at radius 3 is 2.86 bits per heavy atom. The Hall–Kier alpha value is -1.80. The van der Waals surface area contributed by atoms with Gasteiger partial charge in [0.2, 0.25) is 0 Å². The van der Waals surface area contributed by atoms with E-state index in [1.165, 1.54) is 16.7 Å². The molecule has 1 aromatic rings. The molecule has 0 bridgehead atoms. The largest absolute Gasteiger partial charge is 0.398 e. The van der Waals surface area contributed by atoms with Crippen molar-refractivity contribution in [3.8, 4) is 0 Å². The summed E-state index contributed by atoms with van der Waals surface area (Å²) >= 11 is 0. The third kappa shape index (κ3) is 2.96. The van der Waals surface area contributed by atoms with Gasteiger partial charge in [0.15, 0.2) is 0 Å². The average molecular weight is 280 g/mol. The van der Waals surface area contributed by atoms with Crippen molar-refractivity contribution in [2.45, 2.75) is 38.8 Å². The lowest BCUT2D eigenvalue weighted by Gasteiger charge is -2.31. The predicted octanol–water partition coefficient (Wildman–Crippen LogP) is 4.23. The van der Waals surface area contributed by atoms with Crippen molar-refractivity contribution in [1.29, 1.82) is 0 Å². The standard InChI is InChI=1S/C19H24N2/c1-13-9-11-15(12-10-13)14(2)21-18-8-4-6-16-5-3-7-17(20)19(16)18/h3-7,9-11,14-15,18,21H,8,12,20H2,1-2H3. The van der Waals surface area contributed by atoms with Gasteiger partial charge in [-0.1, -0.05) is 48.1 Å². The topological polar surface area (TPSA) is 38.0 Å². The zero-order valence-electron chi connectivity index (χ0n) is 12.8. The van der Waals surface area contributed by atoms with E-state index in [9.17, 15) is 0 Å². The van der Waals surface area contributed by atoms with Gasteiger partial charge in [-0.3, -0.25) is 0 Å². The van der Waals surface area contributed by atoms with Gasteiger partial charge in [0.05, 0.1) is 0 Å². The molecule has 3 N–H and O–H groups in total. The zero-order chi connectivity index (χ0) is 14.8. The van der Waals surface area contributed by atoms with Crippen LogP contribution < -0.4 is 11.1 Å². The lowest BCUT2D eigenvalue weighted by Crippen LogP contribution is -2.37. The minimum absolute atomic E-state index is 0.321. The maximum Gasteiger partial charge on any atom is 0.0383 e. The molecule has 0 aliphatic heterocycles. The number of fused-ring (bicyclic) bond motifs is 1. The molecule has 2 aliphatic carbocycles. The molecule has 0 saturated carbocycles. The fourth-order valence-corrected chi connectivity index (χ4v) is 3.31. The predicted molar refractivity (Wildman–Crippen MR) is 90.8 cm³/mol. The lowest BCUT2D eigenvalue weighted by molar-refractivity contribution is 0.382. The summed E-state index contributed by atoms with van der Waals surface area (Å²) < 4.78 is 0. The molecule has 0 fully saturated rings. The van der Waals surface area contributed by atoms with Crippen LogP contribution in [0, 0.1) is 5.92 Å². The Labute approximate surface area is 127 Å². The molecule has 2 aliphatic rings. The second-order valence-electron chi connectivity index (χ2n) is 6.20. The van der Waals surface area contributed by atoms with Crippen LogP contribution in [-0.4, -0.2) is 6.04 Å². The Bertz CT molecular complexity index is 610. The van der Waals surface area contributed by atoms with Gasteiger partial charge in [0.1, 0.15) is 0 Å². The highest BCUT2D eigenvalue weighted by atomic mass is 15.0. The first kappa shape index (κ1) is 14.2. The summed E-state index contributed by atoms with van der Waals surface area (Å²) in [6.45, 7) is 4.44. The van der Waals surface area contributed by atoms with Gasteiger partial charge in [-0.2, -0.15) is 0 Å². The van der Waals surface area contributed by atoms with Crippen molar-refractivity contribution < 1.29 is 0 Å². The number of anilines is 1. The van der Waals surface area contributed by atoms with Crippen LogP contribution in [0.3, 0.4) is 0 Å². The SMILES string of the molecule is CC1=CCC(C(C)NC2CC=Cc3cccc(N)c32)C=C1. The van der Waals surface area contributed by atoms with E-state index in [-0.39, 0.29) is 0 Å². The maximum atomic E-state index is 6.21. The van der Waals surface area contributed by atoms with Gasteiger partial charge in [-0.05, 0) is 49.8 Å². The number of hydrogen-bond donors (Lipinski definition) is 2. The molecule has 3 atom stereocenters. The van der Waals surface area contributed by atoms with E-state index in [0.29, 0.717) is 18.0 Å². The molecule has 0 amide bonds. The molecule has 3 rings (SSSR count). The first-order valence-corrected chi connectivity index (χ1v) is 7.81. The Balaban J connectivity index is 1.75. The molecule has 0 radical (unpaired) electrons. The summed E-state index contributed by atoms with van der Waals surface area (Å²) in [7, 11) is 0. The van der Waals surface area contributed by atoms with E-state index >= 15 is 0 Å². The number of nitrogens with one attached hydrogen (secondary N) is 1. The highest BCUT2D eigenvalue weighted by molar-refractivity contribution is 5.66. The molecule has 0 aromatic heterocycles. The summed E-state index contributed by atoms with van der Waals surface area (Å²) in [5.41, 5.74) is 11.0. The van der Waals surface area contributed by atoms with Gasteiger partial charge in [-0.25, -0.2) is 0 Å². The van der Waals surface area contributed by atoms with Crippen LogP contribution in [-0.2, 0) is 0 Å². The fraction of sp³-hybridized carbons (Fsp3) is 0.368. The van der Waals surface area contributed by atoms with Crippen LogP contribution in [0.5, 0.6) is 0 Å². The molecule has 21 heavy (non-hydrogen) atoms. The number of rotatable bonds is 3. The van der Waals surface area contributed by atoms with Crippen molar-refractivity contribution in [2.24, 2.45) is 5.92 Å². The Kier molecular flexibility index (Phi) is 3.98. The van der Waals surface area contributed by atoms with Crippen LogP contribution in [0.15, 0.2) is 48.1 Å². The van der Waals surface area contributed by atoms with Crippen LogP contribution in [0.4, 0.5) is 5.69 Å². The second kappa shape index (κ2) is 5.90. The second-order valence-corrected chi connectivity index (χ2v) is 6.20. The van der Waals surface area contributed by atoms with Gasteiger partial charge >= 0.3 is 0 Å². The van der Waals surface area contributed by atoms with Crippen molar-refractivity contribution in [3.05, 3.63) is 59.2 Å². The molecule has 2 nitrogen and oxygen atoms in total. The van der Waals surface area contributed by atoms with Crippen LogP contribution in [0.1, 0.15) is 43.9 Å². The van der Waals surface area contributed by atoms with Crippen molar-refractivity contribution in [1.82, 2.24) is 5.32 Å². The summed E-state index contributed by atoms with van der Waals surface area (Å²) in [4.78, 5) is 0. The molecular weight excluding hydrogens is 256 g/mol. The van der Waals surface area contributed by atoms with E-state index in [1.54, 1.807) is 0 Å². The normalized spacial score (nSPS) is 25.3. The Morgan fingerprint density at radius 2 is 2.10 bits per heavy atom. The minimum Gasteiger partial charge on any atom is -0.398 e. The number of allylic oxidation sites excluding steroid dienone is 3. The summed E-state index contributed by atoms with van der Waals surface area (Å²) in [6.07, 6.45) is 13.4. The molecule has 2 heteroatoms. The third-order valence-corrected chi connectivity index (χ3v) is 4.62. The molecule has 1 aromatic carbocycles. The number of hydrogen-bond acceptors (Lipinski definition) is 2. The van der Waals surface area contributed by atoms with E-state index in [1.807, 2.05) is 12.1 Å². The van der Waals surface area contributed by atoms with Crippen molar-refractivity contribution in [2.75, 3.05) is 5.73 Å². The average Bonchev–Trinajstić information content (AvgIpc) is 2.48. The smallest absolute Gasteiger partial charge is 0.0383 e.